The van der Waals surface area contributed by atoms with Gasteiger partial charge in [-0.3, -0.25) is 0 Å². The molecule has 1 aromatic rings. The smallest absolute Gasteiger partial charge is 0.130 e. The van der Waals surface area contributed by atoms with E-state index in [2.05, 4.69) is 18.0 Å². The molecule has 0 N–H and O–H groups in total. The predicted molar refractivity (Wildman–Crippen MR) is 72.7 cm³/mol. The molecule has 2 saturated heterocycles. The van der Waals surface area contributed by atoms with Gasteiger partial charge in [0.05, 0.1) is 0 Å². The summed E-state index contributed by atoms with van der Waals surface area (Å²) >= 11 is 0. The lowest BCUT2D eigenvalue weighted by Gasteiger charge is -2.35. The predicted octanol–water partition coefficient (Wildman–Crippen LogP) is 3.71. The minimum atomic E-state index is -0.121. The highest BCUT2D eigenvalue weighted by atomic mass is 19.1. The van der Waals surface area contributed by atoms with Crippen LogP contribution in [0.4, 0.5) is 4.39 Å². The van der Waals surface area contributed by atoms with Gasteiger partial charge in [0.25, 0.3) is 0 Å². The zero-order chi connectivity index (χ0) is 12.5. The molecule has 0 saturated carbocycles. The molecule has 96 valence electrons. The van der Waals surface area contributed by atoms with Crippen LogP contribution in [-0.4, -0.2) is 24.0 Å². The fraction of sp³-hybridized carbons (Fsp3) is 0.500. The van der Waals surface area contributed by atoms with Crippen molar-refractivity contribution in [3.05, 3.63) is 41.7 Å². The van der Waals surface area contributed by atoms with Crippen molar-refractivity contribution in [2.45, 2.75) is 37.8 Å². The molecule has 2 aliphatic rings. The van der Waals surface area contributed by atoms with E-state index < -0.39 is 0 Å². The molecular formula is C16H20FN. The van der Waals surface area contributed by atoms with Gasteiger partial charge in [-0.25, -0.2) is 4.39 Å². The quantitative estimate of drug-likeness (QED) is 0.767. The van der Waals surface area contributed by atoms with E-state index in [0.29, 0.717) is 11.5 Å². The van der Waals surface area contributed by atoms with Crippen molar-refractivity contribution in [3.63, 3.8) is 0 Å². The molecule has 3 rings (SSSR count). The van der Waals surface area contributed by atoms with E-state index in [1.807, 2.05) is 18.2 Å². The number of hydrogen-bond donors (Lipinski definition) is 0. The molecule has 0 aromatic heterocycles. The highest BCUT2D eigenvalue weighted by Crippen LogP contribution is 2.38. The van der Waals surface area contributed by atoms with Gasteiger partial charge in [-0.05, 0) is 44.7 Å². The molecule has 1 nitrogen and oxygen atoms in total. The molecule has 1 aromatic carbocycles. The molecule has 2 bridgehead atoms. The summed E-state index contributed by atoms with van der Waals surface area (Å²) in [6, 6.07) is 8.50. The van der Waals surface area contributed by atoms with Crippen molar-refractivity contribution in [2.75, 3.05) is 7.05 Å². The van der Waals surface area contributed by atoms with Gasteiger partial charge < -0.3 is 4.90 Å². The summed E-state index contributed by atoms with van der Waals surface area (Å²) in [5, 5.41) is 0. The summed E-state index contributed by atoms with van der Waals surface area (Å²) < 4.78 is 13.5. The number of nitrogens with zero attached hydrogens (tertiary/aromatic N) is 1. The summed E-state index contributed by atoms with van der Waals surface area (Å²) in [4.78, 5) is 2.54. The third kappa shape index (κ3) is 2.22. The molecule has 2 heteroatoms. The second-order valence-corrected chi connectivity index (χ2v) is 5.66. The molecule has 2 fully saturated rings. The van der Waals surface area contributed by atoms with E-state index in [4.69, 9.17) is 0 Å². The van der Waals surface area contributed by atoms with Gasteiger partial charge in [0, 0.05) is 17.6 Å². The van der Waals surface area contributed by atoms with Crippen molar-refractivity contribution < 1.29 is 4.39 Å². The highest BCUT2D eigenvalue weighted by Gasteiger charge is 2.37. The first-order valence-corrected chi connectivity index (χ1v) is 6.88. The maximum Gasteiger partial charge on any atom is 0.130 e. The number of piperidine rings is 1. The topological polar surface area (TPSA) is 3.24 Å². The second kappa shape index (κ2) is 4.85. The maximum absolute atomic E-state index is 13.5. The average Bonchev–Trinajstić information content (AvgIpc) is 2.62. The van der Waals surface area contributed by atoms with Gasteiger partial charge in [0.2, 0.25) is 0 Å². The molecule has 2 unspecified atom stereocenters. The van der Waals surface area contributed by atoms with Gasteiger partial charge in [0.15, 0.2) is 0 Å². The van der Waals surface area contributed by atoms with Crippen LogP contribution in [0.1, 0.15) is 31.2 Å². The van der Waals surface area contributed by atoms with Gasteiger partial charge in [0.1, 0.15) is 5.82 Å². The van der Waals surface area contributed by atoms with Crippen molar-refractivity contribution in [1.82, 2.24) is 4.90 Å². The lowest BCUT2D eigenvalue weighted by atomic mass is 9.90. The zero-order valence-corrected chi connectivity index (χ0v) is 10.8. The van der Waals surface area contributed by atoms with Gasteiger partial charge in [-0.15, -0.1) is 0 Å². The first kappa shape index (κ1) is 11.9. The number of benzene rings is 1. The minimum absolute atomic E-state index is 0.121. The molecule has 2 atom stereocenters. The molecule has 0 amide bonds. The summed E-state index contributed by atoms with van der Waals surface area (Å²) in [6.45, 7) is 0. The van der Waals surface area contributed by atoms with Crippen molar-refractivity contribution in [2.24, 2.45) is 5.92 Å². The Hall–Kier alpha value is -1.15. The molecule has 0 aliphatic carbocycles. The van der Waals surface area contributed by atoms with Crippen LogP contribution in [0.25, 0.3) is 6.08 Å². The summed E-state index contributed by atoms with van der Waals surface area (Å²) in [7, 11) is 2.25. The van der Waals surface area contributed by atoms with Crippen LogP contribution < -0.4 is 0 Å². The average molecular weight is 245 g/mol. The van der Waals surface area contributed by atoms with E-state index >= 15 is 0 Å². The van der Waals surface area contributed by atoms with E-state index in [-0.39, 0.29) is 5.82 Å². The monoisotopic (exact) mass is 245 g/mol. The Morgan fingerprint density at radius 3 is 2.50 bits per heavy atom. The molecular weight excluding hydrogens is 225 g/mol. The standard InChI is InChI=1S/C16H20FN/c1-18-14-8-9-15(18)11-12(10-14)6-7-13-4-2-3-5-16(13)17/h2-7,12,14-15H,8-11H2,1H3/b7-6+. The number of rotatable bonds is 2. The molecule has 0 radical (unpaired) electrons. The van der Waals surface area contributed by atoms with Crippen LogP contribution in [0.3, 0.4) is 0 Å². The third-order valence-corrected chi connectivity index (χ3v) is 4.59. The summed E-state index contributed by atoms with van der Waals surface area (Å²) in [6.07, 6.45) is 9.33. The largest absolute Gasteiger partial charge is 0.300 e. The Morgan fingerprint density at radius 1 is 1.17 bits per heavy atom. The normalized spacial score (nSPS) is 32.2. The van der Waals surface area contributed by atoms with E-state index in [0.717, 1.165) is 12.1 Å². The van der Waals surface area contributed by atoms with Gasteiger partial charge in [-0.1, -0.05) is 30.4 Å². The second-order valence-electron chi connectivity index (χ2n) is 5.66. The first-order valence-electron chi connectivity index (χ1n) is 6.88. The number of fused-ring (bicyclic) bond motifs is 2. The Bertz CT molecular complexity index is 440. The fourth-order valence-corrected chi connectivity index (χ4v) is 3.46. The highest BCUT2D eigenvalue weighted by molar-refractivity contribution is 5.50. The third-order valence-electron chi connectivity index (χ3n) is 4.59. The van der Waals surface area contributed by atoms with Crippen molar-refractivity contribution >= 4 is 6.08 Å². The molecule has 2 heterocycles. The van der Waals surface area contributed by atoms with Crippen LogP contribution in [-0.2, 0) is 0 Å². The summed E-state index contributed by atoms with van der Waals surface area (Å²) in [5.74, 6) is 0.503. The lowest BCUT2D eigenvalue weighted by Crippen LogP contribution is -2.39. The van der Waals surface area contributed by atoms with Crippen molar-refractivity contribution in [1.29, 1.82) is 0 Å². The maximum atomic E-state index is 13.5. The van der Waals surface area contributed by atoms with Crippen molar-refractivity contribution in [3.8, 4) is 0 Å². The zero-order valence-electron chi connectivity index (χ0n) is 10.8. The Morgan fingerprint density at radius 2 is 1.83 bits per heavy atom. The lowest BCUT2D eigenvalue weighted by molar-refractivity contribution is 0.152. The minimum Gasteiger partial charge on any atom is -0.300 e. The van der Waals surface area contributed by atoms with Crippen LogP contribution in [0.15, 0.2) is 30.3 Å². The number of hydrogen-bond acceptors (Lipinski definition) is 1. The first-order chi connectivity index (χ1) is 8.74. The van der Waals surface area contributed by atoms with Gasteiger partial charge >= 0.3 is 0 Å². The van der Waals surface area contributed by atoms with Crippen LogP contribution >= 0.6 is 0 Å². The van der Waals surface area contributed by atoms with Crippen LogP contribution in [0.2, 0.25) is 0 Å². The van der Waals surface area contributed by atoms with Crippen LogP contribution in [0.5, 0.6) is 0 Å². The summed E-state index contributed by atoms with van der Waals surface area (Å²) in [5.41, 5.74) is 0.712. The van der Waals surface area contributed by atoms with E-state index in [1.54, 1.807) is 6.07 Å². The molecule has 18 heavy (non-hydrogen) atoms. The Labute approximate surface area is 108 Å². The SMILES string of the molecule is CN1C2CCC1CC(/C=C/c1ccccc1F)C2. The molecule has 2 aliphatic heterocycles. The van der Waals surface area contributed by atoms with Gasteiger partial charge in [-0.2, -0.15) is 0 Å². The van der Waals surface area contributed by atoms with E-state index in [9.17, 15) is 4.39 Å². The number of allylic oxidation sites excluding steroid dienone is 1. The molecule has 0 spiro atoms. The Kier molecular flexibility index (Phi) is 3.21. The fourth-order valence-electron chi connectivity index (χ4n) is 3.46. The van der Waals surface area contributed by atoms with Crippen LogP contribution in [0, 0.1) is 11.7 Å². The number of halogens is 1. The van der Waals surface area contributed by atoms with E-state index in [1.165, 1.54) is 31.7 Å². The Balaban J connectivity index is 1.69.